The van der Waals surface area contributed by atoms with Gasteiger partial charge in [-0.2, -0.15) is 0 Å². The van der Waals surface area contributed by atoms with Gasteiger partial charge in [-0.1, -0.05) is 230 Å². The fraction of sp³-hybridized carbons (Fsp3) is 0.358. The minimum atomic E-state index is -1.04. The van der Waals surface area contributed by atoms with Crippen LogP contribution in [0.5, 0.6) is 0 Å². The largest absolute Gasteiger partial charge is 0.477 e. The Kier molecular flexibility index (Phi) is 39.1. The molecule has 3 saturated carbocycles. The van der Waals surface area contributed by atoms with Crippen LogP contribution in [0.15, 0.2) is 177 Å². The van der Waals surface area contributed by atoms with E-state index in [1.807, 2.05) is 86.0 Å². The molecule has 0 bridgehead atoms. The van der Waals surface area contributed by atoms with Crippen LogP contribution in [0.3, 0.4) is 0 Å². The van der Waals surface area contributed by atoms with Crippen molar-refractivity contribution in [3.05, 3.63) is 281 Å². The molecule has 4 aliphatic rings. The van der Waals surface area contributed by atoms with Crippen molar-refractivity contribution in [1.29, 1.82) is 0 Å². The number of carboxylic acids is 1. The molecule has 0 amide bonds. The number of carbonyl (C=O) groups is 1. The molecule has 632 valence electrons. The van der Waals surface area contributed by atoms with Crippen molar-refractivity contribution in [2.45, 2.75) is 196 Å². The summed E-state index contributed by atoms with van der Waals surface area (Å²) in [5, 5.41) is 10.6. The third-order valence-electron chi connectivity index (χ3n) is 22.8. The predicted octanol–water partition coefficient (Wildman–Crippen LogP) is 25.6. The average molecular weight is 2320 g/mol. The van der Waals surface area contributed by atoms with Gasteiger partial charge in [0.05, 0.1) is 17.6 Å². The minimum absolute atomic E-state index is 0. The Morgan fingerprint density at radius 1 is 0.525 bits per heavy atom. The number of nitrogens with zero attached hydrogens (tertiary/aromatic N) is 9. The van der Waals surface area contributed by atoms with E-state index in [9.17, 15) is 31.1 Å². The monoisotopic (exact) mass is 2320 g/mol. The maximum absolute atomic E-state index is 15.8. The van der Waals surface area contributed by atoms with E-state index in [1.165, 1.54) is 100 Å². The van der Waals surface area contributed by atoms with Crippen molar-refractivity contribution in [3.8, 4) is 50.7 Å². The van der Waals surface area contributed by atoms with Gasteiger partial charge in [0, 0.05) is 170 Å². The second kappa shape index (κ2) is 46.0. The molecule has 16 rings (SSSR count). The summed E-state index contributed by atoms with van der Waals surface area (Å²) in [5.41, 5.74) is 8.51. The number of benzene rings is 4. The van der Waals surface area contributed by atoms with Crippen LogP contribution in [0.2, 0.25) is 0 Å². The Balaban J connectivity index is 0.000000270. The summed E-state index contributed by atoms with van der Waals surface area (Å²) in [4.78, 5) is 41.7. The Bertz CT molecular complexity index is 5200. The van der Waals surface area contributed by atoms with Crippen molar-refractivity contribution >= 4 is 33.5 Å². The molecule has 23 heteroatoms. The quantitative estimate of drug-likeness (QED) is 0.0712. The van der Waals surface area contributed by atoms with Gasteiger partial charge in [-0.15, -0.1) is 53.6 Å². The van der Waals surface area contributed by atoms with Gasteiger partial charge in [0.25, 0.3) is 0 Å². The first-order valence-electron chi connectivity index (χ1n) is 38.1. The second-order valence-electron chi connectivity index (χ2n) is 30.5. The average Bonchev–Trinajstić information content (AvgIpc) is 1.59. The number of pyridine rings is 7. The maximum Gasteiger partial charge on any atom is 0.354 e. The van der Waals surface area contributed by atoms with Crippen LogP contribution < -0.4 is 0 Å². The Morgan fingerprint density at radius 3 is 1.61 bits per heavy atom. The van der Waals surface area contributed by atoms with Gasteiger partial charge in [-0.05, 0) is 155 Å². The molecule has 12 aromatic rings. The molecule has 4 radical (unpaired) electrons. The molecular weight excluding hydrogens is 2220 g/mol. The molecule has 4 fully saturated rings. The van der Waals surface area contributed by atoms with E-state index < -0.39 is 52.6 Å². The molecule has 1 saturated heterocycles. The third-order valence-corrected chi connectivity index (χ3v) is 22.8. The van der Waals surface area contributed by atoms with Crippen LogP contribution in [0, 0.1) is 82.6 Å². The van der Waals surface area contributed by atoms with Crippen molar-refractivity contribution in [1.82, 2.24) is 39.5 Å². The number of hydrogen-bond donors (Lipinski definition) is 1. The van der Waals surface area contributed by atoms with E-state index in [4.69, 9.17) is 21.4 Å². The van der Waals surface area contributed by atoms with Crippen LogP contribution in [-0.2, 0) is 102 Å². The zero-order valence-electron chi connectivity index (χ0n) is 64.4. The van der Waals surface area contributed by atoms with Gasteiger partial charge in [0.1, 0.15) is 23.4 Å². The van der Waals surface area contributed by atoms with E-state index in [0.29, 0.717) is 36.6 Å². The summed E-state index contributed by atoms with van der Waals surface area (Å²) in [6.45, 7) is 19.0. The summed E-state index contributed by atoms with van der Waals surface area (Å²) >= 11 is 0. The van der Waals surface area contributed by atoms with Crippen LogP contribution >= 0.6 is 0 Å². The van der Waals surface area contributed by atoms with E-state index in [0.717, 1.165) is 108 Å². The number of ether oxygens (including phenoxy) is 1. The molecule has 0 spiro atoms. The second-order valence-corrected chi connectivity index (χ2v) is 30.5. The number of rotatable bonds is 12. The Hall–Kier alpha value is -8.24. The zero-order chi connectivity index (χ0) is 78.3. The fourth-order valence-electron chi connectivity index (χ4n) is 15.8. The maximum atomic E-state index is 15.8. The minimum Gasteiger partial charge on any atom is -0.477 e. The topological polar surface area (TPSA) is 146 Å². The van der Waals surface area contributed by atoms with Crippen LogP contribution in [0.25, 0.3) is 77.4 Å². The van der Waals surface area contributed by atoms with E-state index in [-0.39, 0.29) is 164 Å². The molecule has 4 aromatic carbocycles. The summed E-state index contributed by atoms with van der Waals surface area (Å²) in [7, 11) is 0. The predicted molar refractivity (Wildman–Crippen MR) is 438 cm³/mol. The van der Waals surface area contributed by atoms with Crippen molar-refractivity contribution < 1.29 is 126 Å². The Labute approximate surface area is 744 Å². The van der Waals surface area contributed by atoms with E-state index in [1.54, 1.807) is 24.5 Å². The first kappa shape index (κ1) is 100. The summed E-state index contributed by atoms with van der Waals surface area (Å²) < 4.78 is 107. The van der Waals surface area contributed by atoms with Gasteiger partial charge < -0.3 is 39.3 Å². The fourth-order valence-corrected chi connectivity index (χ4v) is 15.8. The van der Waals surface area contributed by atoms with Gasteiger partial charge in [0.2, 0.25) is 0 Å². The molecule has 118 heavy (non-hydrogen) atoms. The number of hydrogen-bond acceptors (Lipinski definition) is 9. The molecule has 9 heterocycles. The van der Waals surface area contributed by atoms with Crippen molar-refractivity contribution in [2.75, 3.05) is 13.2 Å². The summed E-state index contributed by atoms with van der Waals surface area (Å²) in [5.74, 6) is -6.31. The number of carboxylic acid groups (broad SMARTS) is 1. The van der Waals surface area contributed by atoms with E-state index in [2.05, 4.69) is 122 Å². The summed E-state index contributed by atoms with van der Waals surface area (Å²) in [6.07, 6.45) is 31.4. The number of aromatic carboxylic acids is 1. The zero-order valence-corrected chi connectivity index (χ0v) is 74.0. The normalized spacial score (nSPS) is 15.4. The number of aromatic nitrogens is 8. The van der Waals surface area contributed by atoms with Crippen LogP contribution in [0.4, 0.5) is 36.4 Å². The van der Waals surface area contributed by atoms with Crippen molar-refractivity contribution in [2.24, 2.45) is 10.8 Å². The molecular formula is C95H100F7Ir4N9O3-4. The molecule has 3 aliphatic carbocycles. The molecule has 1 N–H and O–H groups in total. The molecule has 1 atom stereocenters. The SMILES string of the molecule is C.C.C.CC(c1cnc(-c2[c-]cc(F)nc2F)cc1F)C1(C)CCCC1.CC1(Cc2c(F)c[c-]c(-c3cc(-n4c5ccccc5c5ccccc54)ccn3)c2F)CCOCC1.CC1(c2c[c-]c(-c3ccccn3)cn2)CCCCCCC1.O=C(O)c1ccccn1.[C-]#[N+]c1c(F)c[c-]c(-c2cc(C3(C)CCCCC3)ccn2)c1F.[Ir].[Ir].[Ir].[Ir]. The van der Waals surface area contributed by atoms with Crippen molar-refractivity contribution in [3.63, 3.8) is 0 Å². The smallest absolute Gasteiger partial charge is 0.354 e. The Morgan fingerprint density at radius 2 is 1.05 bits per heavy atom. The summed E-state index contributed by atoms with van der Waals surface area (Å²) in [6, 6.07) is 52.3. The van der Waals surface area contributed by atoms with E-state index >= 15 is 4.39 Å². The number of para-hydroxylation sites is 2. The first-order valence-corrected chi connectivity index (χ1v) is 38.1. The van der Waals surface area contributed by atoms with Crippen LogP contribution in [0.1, 0.15) is 211 Å². The number of fused-ring (bicyclic) bond motifs is 3. The van der Waals surface area contributed by atoms with Gasteiger partial charge in [-0.3, -0.25) is 27.4 Å². The standard InChI is InChI=1S/C30H25F2N2O.C19H17F2N2.C19H23N2.C18H18F3N2.C6H5NO2.3CH4.4Ir/c1-30(13-16-35-17-14-30)19-24-25(31)11-10-23(29(24)32)26-18-20(12-15-33-26)34-27-8-4-2-6-21(27)22-7-3-5-9-28(22)34;1-19(9-4-3-5-10-19)13-8-11-23-16(12-13)14-6-7-15(20)18(22-2)17(14)21;1-19(12-6-3-2-4-7-13-19)18-11-10-16(15-21-18)17-9-5-8-14-20-17;1-11(18(2)7-3-4-8-18)13-10-22-15(9-14(13)19)12-5-6-16(20)23-17(12)21;8-6(9)5-3-1-2-4-7-5;;;;;;;/h2-9,11-12,15,18H,13-14,16-17,19H2,1H3;7-8,11-12H,3-5,9-10H2,1H3;5,8-9,11,14-15H,2-4,6-7,12-13H2,1H3;6,9-11H,3-4,7-8H2,1-2H3;1-4H,(H,8,9);3*1H4;;;;/q4*-1;;;;;;;;. The van der Waals surface area contributed by atoms with Crippen LogP contribution in [-0.4, -0.2) is 63.7 Å². The molecule has 12 nitrogen and oxygen atoms in total. The molecule has 1 aliphatic heterocycles. The van der Waals surface area contributed by atoms with Gasteiger partial charge in [0.15, 0.2) is 5.69 Å². The molecule has 1 unspecified atom stereocenters. The first-order chi connectivity index (χ1) is 53.6. The molecule has 8 aromatic heterocycles. The van der Waals surface area contributed by atoms with Gasteiger partial charge >= 0.3 is 5.97 Å². The number of halogens is 7. The third kappa shape index (κ3) is 24.1. The van der Waals surface area contributed by atoms with Gasteiger partial charge in [-0.25, -0.2) is 22.9 Å².